The van der Waals surface area contributed by atoms with Crippen molar-refractivity contribution in [1.82, 2.24) is 0 Å². The maximum atomic E-state index is 13.5. The van der Waals surface area contributed by atoms with Crippen molar-refractivity contribution in [3.63, 3.8) is 0 Å². The van der Waals surface area contributed by atoms with Crippen LogP contribution in [0, 0.1) is 11.6 Å². The normalized spacial score (nSPS) is 10.2. The van der Waals surface area contributed by atoms with Gasteiger partial charge >= 0.3 is 5.97 Å². The minimum absolute atomic E-state index is 0.0673. The number of nitrogens with one attached hydrogen (secondary N) is 1. The first-order valence-electron chi connectivity index (χ1n) is 5.78. The molecule has 0 saturated carbocycles. The van der Waals surface area contributed by atoms with E-state index < -0.39 is 29.1 Å². The number of nitrogens with two attached hydrogens (primary N) is 1. The number of aromatic carboxylic acids is 1. The van der Waals surface area contributed by atoms with Crippen LogP contribution in [0.2, 0.25) is 0 Å². The van der Waals surface area contributed by atoms with Crippen LogP contribution in [0.5, 0.6) is 0 Å². The summed E-state index contributed by atoms with van der Waals surface area (Å²) < 4.78 is 26.8. The first kappa shape index (κ1) is 14.4. The largest absolute Gasteiger partial charge is 0.478 e. The maximum Gasteiger partial charge on any atom is 0.340 e. The van der Waals surface area contributed by atoms with Gasteiger partial charge < -0.3 is 16.2 Å². The van der Waals surface area contributed by atoms with Crippen molar-refractivity contribution in [3.05, 3.63) is 59.2 Å². The van der Waals surface area contributed by atoms with Gasteiger partial charge in [0.15, 0.2) is 0 Å². The summed E-state index contributed by atoms with van der Waals surface area (Å²) >= 11 is 0. The molecule has 4 N–H and O–H groups in total. The molecule has 0 heterocycles. The second-order valence-electron chi connectivity index (χ2n) is 4.16. The molecule has 0 spiro atoms. The molecule has 0 aromatic heterocycles. The molecule has 7 heteroatoms. The van der Waals surface area contributed by atoms with Gasteiger partial charge in [-0.15, -0.1) is 0 Å². The summed E-state index contributed by atoms with van der Waals surface area (Å²) in [5, 5.41) is 11.2. The monoisotopic (exact) mass is 292 g/mol. The third-order valence-corrected chi connectivity index (χ3v) is 2.74. The number of carboxylic acids is 1. The van der Waals surface area contributed by atoms with E-state index in [0.717, 1.165) is 12.1 Å². The summed E-state index contributed by atoms with van der Waals surface area (Å²) in [5.41, 5.74) is 4.22. The van der Waals surface area contributed by atoms with E-state index in [0.29, 0.717) is 0 Å². The lowest BCUT2D eigenvalue weighted by molar-refractivity contribution is 0.0693. The fourth-order valence-corrected chi connectivity index (χ4v) is 1.71. The Balaban J connectivity index is 2.34. The molecule has 21 heavy (non-hydrogen) atoms. The molecule has 0 atom stereocenters. The van der Waals surface area contributed by atoms with Crippen LogP contribution in [0.25, 0.3) is 0 Å². The predicted octanol–water partition coefficient (Wildman–Crippen LogP) is 2.50. The zero-order chi connectivity index (χ0) is 15.6. The Labute approximate surface area is 118 Å². The van der Waals surface area contributed by atoms with Crippen molar-refractivity contribution in [2.75, 3.05) is 11.1 Å². The number of hydrogen-bond acceptors (Lipinski definition) is 3. The fourth-order valence-electron chi connectivity index (χ4n) is 1.71. The van der Waals surface area contributed by atoms with E-state index in [-0.39, 0.29) is 16.9 Å². The molecule has 5 nitrogen and oxygen atoms in total. The topological polar surface area (TPSA) is 92.4 Å². The molecule has 0 unspecified atom stereocenters. The Bertz CT molecular complexity index is 732. The van der Waals surface area contributed by atoms with Gasteiger partial charge in [0.25, 0.3) is 5.91 Å². The van der Waals surface area contributed by atoms with Crippen LogP contribution < -0.4 is 11.1 Å². The fraction of sp³-hybridized carbons (Fsp3) is 0. The smallest absolute Gasteiger partial charge is 0.340 e. The second-order valence-corrected chi connectivity index (χ2v) is 4.16. The molecule has 1 amide bonds. The molecule has 0 aliphatic heterocycles. The molecule has 0 saturated heterocycles. The first-order valence-corrected chi connectivity index (χ1v) is 5.78. The Kier molecular flexibility index (Phi) is 3.84. The predicted molar refractivity (Wildman–Crippen MR) is 72.1 cm³/mol. The van der Waals surface area contributed by atoms with Crippen molar-refractivity contribution >= 4 is 23.3 Å². The van der Waals surface area contributed by atoms with Crippen LogP contribution >= 0.6 is 0 Å². The van der Waals surface area contributed by atoms with Gasteiger partial charge in [-0.1, -0.05) is 6.07 Å². The summed E-state index contributed by atoms with van der Waals surface area (Å²) in [6, 6.07) is 6.83. The number of amides is 1. The third kappa shape index (κ3) is 2.97. The van der Waals surface area contributed by atoms with Crippen LogP contribution in [0.15, 0.2) is 36.4 Å². The van der Waals surface area contributed by atoms with Crippen molar-refractivity contribution in [3.8, 4) is 0 Å². The Morgan fingerprint density at radius 3 is 2.43 bits per heavy atom. The standard InChI is InChI=1S/C14H10F2N2O3/c15-8-2-1-3-11(12(8)14(20)21)18-13(19)7-4-5-10(17)9(16)6-7/h1-6H,17H2,(H,18,19)(H,20,21). The van der Waals surface area contributed by atoms with Gasteiger partial charge in [-0.2, -0.15) is 0 Å². The lowest BCUT2D eigenvalue weighted by Crippen LogP contribution is -2.16. The van der Waals surface area contributed by atoms with Gasteiger partial charge in [-0.05, 0) is 30.3 Å². The van der Waals surface area contributed by atoms with Crippen molar-refractivity contribution in [1.29, 1.82) is 0 Å². The zero-order valence-corrected chi connectivity index (χ0v) is 10.6. The Morgan fingerprint density at radius 2 is 1.81 bits per heavy atom. The Hall–Kier alpha value is -2.96. The number of carbonyl (C=O) groups excluding carboxylic acids is 1. The molecule has 2 rings (SSSR count). The minimum Gasteiger partial charge on any atom is -0.478 e. The van der Waals surface area contributed by atoms with Crippen molar-refractivity contribution < 1.29 is 23.5 Å². The van der Waals surface area contributed by atoms with E-state index >= 15 is 0 Å². The van der Waals surface area contributed by atoms with Gasteiger partial charge in [0.05, 0.1) is 11.4 Å². The number of carbonyl (C=O) groups is 2. The zero-order valence-electron chi connectivity index (χ0n) is 10.6. The highest BCUT2D eigenvalue weighted by molar-refractivity contribution is 6.07. The number of halogens is 2. The number of carboxylic acid groups (broad SMARTS) is 1. The molecule has 0 fully saturated rings. The van der Waals surface area contributed by atoms with Crippen LogP contribution in [0.3, 0.4) is 0 Å². The molecule has 108 valence electrons. The summed E-state index contributed by atoms with van der Waals surface area (Å²) in [6.07, 6.45) is 0. The van der Waals surface area contributed by atoms with Crippen LogP contribution in [-0.4, -0.2) is 17.0 Å². The molecule has 0 bridgehead atoms. The number of rotatable bonds is 3. The molecular weight excluding hydrogens is 282 g/mol. The lowest BCUT2D eigenvalue weighted by atomic mass is 10.1. The summed E-state index contributed by atoms with van der Waals surface area (Å²) in [4.78, 5) is 22.9. The van der Waals surface area contributed by atoms with Gasteiger partial charge in [-0.3, -0.25) is 4.79 Å². The maximum absolute atomic E-state index is 13.5. The van der Waals surface area contributed by atoms with E-state index in [1.807, 2.05) is 0 Å². The number of benzene rings is 2. The van der Waals surface area contributed by atoms with E-state index in [1.165, 1.54) is 24.3 Å². The first-order chi connectivity index (χ1) is 9.90. The average Bonchev–Trinajstić information content (AvgIpc) is 2.41. The SMILES string of the molecule is Nc1ccc(C(=O)Nc2cccc(F)c2C(=O)O)cc1F. The lowest BCUT2D eigenvalue weighted by Gasteiger charge is -2.09. The molecule has 2 aromatic carbocycles. The molecule has 0 aliphatic carbocycles. The van der Waals surface area contributed by atoms with Gasteiger partial charge in [0.1, 0.15) is 17.2 Å². The van der Waals surface area contributed by atoms with Crippen molar-refractivity contribution in [2.45, 2.75) is 0 Å². The highest BCUT2D eigenvalue weighted by Gasteiger charge is 2.18. The van der Waals surface area contributed by atoms with Crippen LogP contribution in [-0.2, 0) is 0 Å². The van der Waals surface area contributed by atoms with Crippen LogP contribution in [0.4, 0.5) is 20.2 Å². The summed E-state index contributed by atoms with van der Waals surface area (Å²) in [6.45, 7) is 0. The summed E-state index contributed by atoms with van der Waals surface area (Å²) in [7, 11) is 0. The molecule has 0 aliphatic rings. The number of anilines is 2. The highest BCUT2D eigenvalue weighted by atomic mass is 19.1. The summed E-state index contributed by atoms with van der Waals surface area (Å²) in [5.74, 6) is -4.06. The van der Waals surface area contributed by atoms with E-state index in [4.69, 9.17) is 10.8 Å². The van der Waals surface area contributed by atoms with E-state index in [1.54, 1.807) is 0 Å². The highest BCUT2D eigenvalue weighted by Crippen LogP contribution is 2.20. The Morgan fingerprint density at radius 1 is 1.10 bits per heavy atom. The van der Waals surface area contributed by atoms with Crippen LogP contribution in [0.1, 0.15) is 20.7 Å². The quantitative estimate of drug-likeness (QED) is 0.758. The molecule has 0 radical (unpaired) electrons. The molecule has 2 aromatic rings. The van der Waals surface area contributed by atoms with E-state index in [2.05, 4.69) is 5.32 Å². The molecular formula is C14H10F2N2O3. The van der Waals surface area contributed by atoms with E-state index in [9.17, 15) is 18.4 Å². The van der Waals surface area contributed by atoms with Crippen molar-refractivity contribution in [2.24, 2.45) is 0 Å². The van der Waals surface area contributed by atoms with Gasteiger partial charge in [-0.25, -0.2) is 13.6 Å². The average molecular weight is 292 g/mol. The van der Waals surface area contributed by atoms with Gasteiger partial charge in [0, 0.05) is 5.56 Å². The minimum atomic E-state index is -1.52. The third-order valence-electron chi connectivity index (χ3n) is 2.74. The van der Waals surface area contributed by atoms with Gasteiger partial charge in [0.2, 0.25) is 0 Å². The number of nitrogen functional groups attached to an aromatic ring is 1. The second kappa shape index (κ2) is 5.58. The number of hydrogen-bond donors (Lipinski definition) is 3.